The predicted octanol–water partition coefficient (Wildman–Crippen LogP) is 1.39. The first-order valence-electron chi connectivity index (χ1n) is 4.32. The van der Waals surface area contributed by atoms with Crippen LogP contribution in [0.4, 0.5) is 0 Å². The average molecular weight is 223 g/mol. The molecule has 0 atom stereocenters. The van der Waals surface area contributed by atoms with Crippen molar-refractivity contribution < 1.29 is 9.90 Å². The summed E-state index contributed by atoms with van der Waals surface area (Å²) in [7, 11) is 0. The van der Waals surface area contributed by atoms with Crippen LogP contribution in [0.3, 0.4) is 0 Å². The number of nitrogens with zero attached hydrogens (tertiary/aromatic N) is 3. The molecule has 1 N–H and O–H groups in total. The number of aromatic nitrogens is 3. The molecule has 78 valence electrons. The van der Waals surface area contributed by atoms with Gasteiger partial charge in [-0.15, -0.1) is 11.3 Å². The molecule has 0 aliphatic rings. The lowest BCUT2D eigenvalue weighted by Crippen LogP contribution is -2.02. The van der Waals surface area contributed by atoms with E-state index in [-0.39, 0.29) is 5.01 Å². The second-order valence-corrected chi connectivity index (χ2v) is 3.91. The summed E-state index contributed by atoms with van der Waals surface area (Å²) < 4.78 is 1.92. The monoisotopic (exact) mass is 223 g/mol. The minimum Gasteiger partial charge on any atom is -0.476 e. The number of carboxylic acid groups (broad SMARTS) is 1. The van der Waals surface area contributed by atoms with Gasteiger partial charge in [0.15, 0.2) is 0 Å². The van der Waals surface area contributed by atoms with Crippen molar-refractivity contribution in [1.29, 1.82) is 0 Å². The van der Waals surface area contributed by atoms with Crippen LogP contribution < -0.4 is 0 Å². The van der Waals surface area contributed by atoms with Crippen molar-refractivity contribution in [2.24, 2.45) is 0 Å². The van der Waals surface area contributed by atoms with E-state index in [9.17, 15) is 4.79 Å². The topological polar surface area (TPSA) is 68.0 Å². The molecular weight excluding hydrogens is 214 g/mol. The summed E-state index contributed by atoms with van der Waals surface area (Å²) in [5, 5.41) is 10.6. The van der Waals surface area contributed by atoms with Crippen LogP contribution in [0.5, 0.6) is 0 Å². The SMILES string of the molecule is Cc1nccn1Cc1csc(C(=O)O)n1. The highest BCUT2D eigenvalue weighted by molar-refractivity contribution is 7.11. The summed E-state index contributed by atoms with van der Waals surface area (Å²) in [6.45, 7) is 2.46. The Kier molecular flexibility index (Phi) is 2.51. The zero-order valence-corrected chi connectivity index (χ0v) is 8.86. The van der Waals surface area contributed by atoms with Crippen LogP contribution in [0, 0.1) is 6.92 Å². The smallest absolute Gasteiger partial charge is 0.365 e. The number of rotatable bonds is 3. The fourth-order valence-corrected chi connectivity index (χ4v) is 1.87. The van der Waals surface area contributed by atoms with E-state index in [0.717, 1.165) is 22.9 Å². The van der Waals surface area contributed by atoms with E-state index in [0.29, 0.717) is 6.54 Å². The Labute approximate surface area is 90.0 Å². The maximum absolute atomic E-state index is 10.6. The van der Waals surface area contributed by atoms with Crippen LogP contribution in [0.1, 0.15) is 21.3 Å². The Morgan fingerprint density at radius 3 is 3.00 bits per heavy atom. The molecule has 2 heterocycles. The number of carbonyl (C=O) groups is 1. The molecule has 2 aromatic heterocycles. The zero-order valence-electron chi connectivity index (χ0n) is 8.04. The van der Waals surface area contributed by atoms with E-state index in [4.69, 9.17) is 5.11 Å². The number of carboxylic acids is 1. The van der Waals surface area contributed by atoms with Gasteiger partial charge in [-0.25, -0.2) is 14.8 Å². The van der Waals surface area contributed by atoms with Crippen LogP contribution in [0.15, 0.2) is 17.8 Å². The van der Waals surface area contributed by atoms with Gasteiger partial charge in [0.2, 0.25) is 5.01 Å². The van der Waals surface area contributed by atoms with Gasteiger partial charge in [0.25, 0.3) is 0 Å². The molecule has 0 radical (unpaired) electrons. The lowest BCUT2D eigenvalue weighted by Gasteiger charge is -2.00. The fourth-order valence-electron chi connectivity index (χ4n) is 1.22. The standard InChI is InChI=1S/C9H9N3O2S/c1-6-10-2-3-12(6)4-7-5-15-8(11-7)9(13)14/h2-3,5H,4H2,1H3,(H,13,14). The molecule has 0 aliphatic carbocycles. The van der Waals surface area contributed by atoms with Crippen molar-refractivity contribution in [3.63, 3.8) is 0 Å². The van der Waals surface area contributed by atoms with E-state index in [2.05, 4.69) is 9.97 Å². The maximum Gasteiger partial charge on any atom is 0.365 e. The molecule has 0 fully saturated rings. The minimum absolute atomic E-state index is 0.128. The summed E-state index contributed by atoms with van der Waals surface area (Å²) >= 11 is 1.14. The molecule has 2 aromatic rings. The number of aryl methyl sites for hydroxylation is 1. The van der Waals surface area contributed by atoms with Gasteiger partial charge in [-0.3, -0.25) is 0 Å². The first kappa shape index (κ1) is 9.85. The van der Waals surface area contributed by atoms with Gasteiger partial charge in [-0.2, -0.15) is 0 Å². The first-order valence-corrected chi connectivity index (χ1v) is 5.20. The van der Waals surface area contributed by atoms with Crippen LogP contribution in [0.2, 0.25) is 0 Å². The number of hydrogen-bond acceptors (Lipinski definition) is 4. The van der Waals surface area contributed by atoms with Gasteiger partial charge in [-0.1, -0.05) is 0 Å². The second kappa shape index (κ2) is 3.82. The summed E-state index contributed by atoms with van der Waals surface area (Å²) in [6, 6.07) is 0. The van der Waals surface area contributed by atoms with E-state index in [1.54, 1.807) is 11.6 Å². The minimum atomic E-state index is -0.978. The molecule has 0 unspecified atom stereocenters. The van der Waals surface area contributed by atoms with E-state index >= 15 is 0 Å². The third kappa shape index (κ3) is 2.04. The van der Waals surface area contributed by atoms with Gasteiger partial charge in [0.1, 0.15) is 5.82 Å². The molecule has 0 saturated carbocycles. The molecule has 0 saturated heterocycles. The Bertz CT molecular complexity index is 489. The number of thiazole rings is 1. The van der Waals surface area contributed by atoms with Crippen molar-refractivity contribution in [3.05, 3.63) is 34.3 Å². The summed E-state index contributed by atoms with van der Waals surface area (Å²) in [4.78, 5) is 18.7. The van der Waals surface area contributed by atoms with Crippen molar-refractivity contribution in [2.45, 2.75) is 13.5 Å². The Hall–Kier alpha value is -1.69. The lowest BCUT2D eigenvalue weighted by atomic mass is 10.4. The highest BCUT2D eigenvalue weighted by Gasteiger charge is 2.09. The number of aromatic carboxylic acids is 1. The van der Waals surface area contributed by atoms with Gasteiger partial charge < -0.3 is 9.67 Å². The first-order chi connectivity index (χ1) is 7.16. The maximum atomic E-state index is 10.6. The molecular formula is C9H9N3O2S. The zero-order chi connectivity index (χ0) is 10.8. The van der Waals surface area contributed by atoms with Crippen molar-refractivity contribution in [3.8, 4) is 0 Å². The Morgan fingerprint density at radius 1 is 1.67 bits per heavy atom. The van der Waals surface area contributed by atoms with Crippen LogP contribution in [0.25, 0.3) is 0 Å². The van der Waals surface area contributed by atoms with Crippen molar-refractivity contribution in [1.82, 2.24) is 14.5 Å². The summed E-state index contributed by atoms with van der Waals surface area (Å²) in [6.07, 6.45) is 3.55. The molecule has 0 bridgehead atoms. The largest absolute Gasteiger partial charge is 0.476 e. The van der Waals surface area contributed by atoms with Crippen molar-refractivity contribution >= 4 is 17.3 Å². The van der Waals surface area contributed by atoms with Gasteiger partial charge >= 0.3 is 5.97 Å². The lowest BCUT2D eigenvalue weighted by molar-refractivity contribution is 0.0696. The molecule has 0 aliphatic heterocycles. The normalized spacial score (nSPS) is 10.5. The molecule has 0 aromatic carbocycles. The molecule has 0 amide bonds. The Balaban J connectivity index is 2.18. The third-order valence-electron chi connectivity index (χ3n) is 1.99. The summed E-state index contributed by atoms with van der Waals surface area (Å²) in [5.41, 5.74) is 0.749. The van der Waals surface area contributed by atoms with E-state index in [1.807, 2.05) is 17.7 Å². The van der Waals surface area contributed by atoms with Gasteiger partial charge in [0.05, 0.1) is 12.2 Å². The molecule has 0 spiro atoms. The van der Waals surface area contributed by atoms with E-state index in [1.165, 1.54) is 0 Å². The van der Waals surface area contributed by atoms with Crippen LogP contribution >= 0.6 is 11.3 Å². The summed E-state index contributed by atoms with van der Waals surface area (Å²) in [5.74, 6) is -0.0894. The number of imidazole rings is 1. The third-order valence-corrected chi connectivity index (χ3v) is 2.87. The highest BCUT2D eigenvalue weighted by atomic mass is 32.1. The molecule has 2 rings (SSSR count). The molecule has 5 nitrogen and oxygen atoms in total. The van der Waals surface area contributed by atoms with Crippen molar-refractivity contribution in [2.75, 3.05) is 0 Å². The van der Waals surface area contributed by atoms with Gasteiger partial charge in [0, 0.05) is 17.8 Å². The second-order valence-electron chi connectivity index (χ2n) is 3.05. The average Bonchev–Trinajstić information content (AvgIpc) is 2.77. The number of hydrogen-bond donors (Lipinski definition) is 1. The van der Waals surface area contributed by atoms with Crippen LogP contribution in [-0.2, 0) is 6.54 Å². The van der Waals surface area contributed by atoms with Crippen LogP contribution in [-0.4, -0.2) is 25.6 Å². The Morgan fingerprint density at radius 2 is 2.47 bits per heavy atom. The van der Waals surface area contributed by atoms with E-state index < -0.39 is 5.97 Å². The molecule has 15 heavy (non-hydrogen) atoms. The highest BCUT2D eigenvalue weighted by Crippen LogP contribution is 2.11. The quantitative estimate of drug-likeness (QED) is 0.853. The predicted molar refractivity (Wildman–Crippen MR) is 55.1 cm³/mol. The van der Waals surface area contributed by atoms with Gasteiger partial charge in [-0.05, 0) is 6.92 Å². The fraction of sp³-hybridized carbons (Fsp3) is 0.222. The molecule has 6 heteroatoms.